The molecule has 1 aromatic rings. The largest absolute Gasteiger partial charge is 0.468 e. The van der Waals surface area contributed by atoms with Crippen LogP contribution >= 0.6 is 11.8 Å². The van der Waals surface area contributed by atoms with E-state index in [-0.39, 0.29) is 5.97 Å². The van der Waals surface area contributed by atoms with Gasteiger partial charge in [-0.05, 0) is 25.0 Å². The molecule has 2 heterocycles. The SMILES string of the molecule is COC(=O)CSc1ccc(N2CCCC2)n1C. The standard InChI is InChI=1S/C12H18N2O2S/c1-13-10(14-7-3-4-8-14)5-6-11(13)17-9-12(15)16-2/h5-6H,3-4,7-9H2,1-2H3. The predicted octanol–water partition coefficient (Wildman–Crippen LogP) is 1.89. The highest BCUT2D eigenvalue weighted by Crippen LogP contribution is 2.27. The summed E-state index contributed by atoms with van der Waals surface area (Å²) in [5.41, 5.74) is 0. The van der Waals surface area contributed by atoms with Crippen molar-refractivity contribution in [3.63, 3.8) is 0 Å². The summed E-state index contributed by atoms with van der Waals surface area (Å²) in [5.74, 6) is 1.43. The third-order valence-electron chi connectivity index (χ3n) is 3.04. The van der Waals surface area contributed by atoms with Crippen LogP contribution in [0.3, 0.4) is 0 Å². The number of methoxy groups -OCH3 is 1. The van der Waals surface area contributed by atoms with Gasteiger partial charge in [0, 0.05) is 20.1 Å². The van der Waals surface area contributed by atoms with Crippen molar-refractivity contribution in [2.45, 2.75) is 17.9 Å². The fourth-order valence-corrected chi connectivity index (χ4v) is 2.92. The van der Waals surface area contributed by atoms with Crippen LogP contribution in [0.25, 0.3) is 0 Å². The lowest BCUT2D eigenvalue weighted by atomic mass is 10.4. The van der Waals surface area contributed by atoms with E-state index in [1.807, 2.05) is 7.05 Å². The molecule has 1 aromatic heterocycles. The molecule has 4 nitrogen and oxygen atoms in total. The first-order chi connectivity index (χ1) is 8.22. The number of nitrogens with zero attached hydrogens (tertiary/aromatic N) is 2. The van der Waals surface area contributed by atoms with Crippen LogP contribution in [-0.4, -0.2) is 36.5 Å². The van der Waals surface area contributed by atoms with Crippen LogP contribution < -0.4 is 4.90 Å². The van der Waals surface area contributed by atoms with Gasteiger partial charge in [-0.2, -0.15) is 0 Å². The Morgan fingerprint density at radius 2 is 2.12 bits per heavy atom. The number of rotatable bonds is 4. The Bertz CT molecular complexity index is 397. The zero-order valence-electron chi connectivity index (χ0n) is 10.3. The second kappa shape index (κ2) is 5.49. The molecule has 2 rings (SSSR count). The van der Waals surface area contributed by atoms with Gasteiger partial charge < -0.3 is 14.2 Å². The number of thioether (sulfide) groups is 1. The normalized spacial score (nSPS) is 15.3. The van der Waals surface area contributed by atoms with Crippen LogP contribution in [0.1, 0.15) is 12.8 Å². The molecule has 1 fully saturated rings. The molecule has 0 N–H and O–H groups in total. The average Bonchev–Trinajstić information content (AvgIpc) is 2.95. The minimum atomic E-state index is -0.182. The van der Waals surface area contributed by atoms with Gasteiger partial charge in [-0.3, -0.25) is 4.79 Å². The Balaban J connectivity index is 2.01. The highest BCUT2D eigenvalue weighted by atomic mass is 32.2. The number of esters is 1. The van der Waals surface area contributed by atoms with Gasteiger partial charge in [0.15, 0.2) is 0 Å². The number of aromatic nitrogens is 1. The number of carbonyl (C=O) groups excluding carboxylic acids is 1. The molecule has 94 valence electrons. The fourth-order valence-electron chi connectivity index (χ4n) is 2.08. The first-order valence-electron chi connectivity index (χ1n) is 5.82. The summed E-state index contributed by atoms with van der Waals surface area (Å²) in [6.07, 6.45) is 2.55. The van der Waals surface area contributed by atoms with Gasteiger partial charge in [-0.15, -0.1) is 0 Å². The molecule has 0 bridgehead atoms. The lowest BCUT2D eigenvalue weighted by Crippen LogP contribution is -2.20. The summed E-state index contributed by atoms with van der Waals surface area (Å²) >= 11 is 1.52. The summed E-state index contributed by atoms with van der Waals surface area (Å²) in [4.78, 5) is 13.5. The van der Waals surface area contributed by atoms with Gasteiger partial charge in [0.1, 0.15) is 5.82 Å². The smallest absolute Gasteiger partial charge is 0.316 e. The molecule has 17 heavy (non-hydrogen) atoms. The van der Waals surface area contributed by atoms with Crippen LogP contribution in [-0.2, 0) is 16.6 Å². The second-order valence-corrected chi connectivity index (χ2v) is 5.14. The molecule has 0 spiro atoms. The zero-order valence-corrected chi connectivity index (χ0v) is 11.1. The van der Waals surface area contributed by atoms with E-state index in [0.29, 0.717) is 5.75 Å². The molecule has 0 radical (unpaired) electrons. The van der Waals surface area contributed by atoms with E-state index in [1.54, 1.807) is 0 Å². The Labute approximate surface area is 106 Å². The van der Waals surface area contributed by atoms with Crippen molar-refractivity contribution < 1.29 is 9.53 Å². The molecule has 0 saturated carbocycles. The Hall–Kier alpha value is -1.10. The Kier molecular flexibility index (Phi) is 3.99. The quantitative estimate of drug-likeness (QED) is 0.607. The Morgan fingerprint density at radius 3 is 2.76 bits per heavy atom. The van der Waals surface area contributed by atoms with Gasteiger partial charge in [0.25, 0.3) is 0 Å². The van der Waals surface area contributed by atoms with Crippen LogP contribution in [0.5, 0.6) is 0 Å². The molecular formula is C12H18N2O2S. The summed E-state index contributed by atoms with van der Waals surface area (Å²) in [6, 6.07) is 4.20. The monoisotopic (exact) mass is 254 g/mol. The number of carbonyl (C=O) groups is 1. The van der Waals surface area contributed by atoms with Crippen molar-refractivity contribution in [1.29, 1.82) is 0 Å². The summed E-state index contributed by atoms with van der Waals surface area (Å²) in [5, 5.41) is 1.11. The lowest BCUT2D eigenvalue weighted by molar-refractivity contribution is -0.137. The topological polar surface area (TPSA) is 34.5 Å². The second-order valence-electron chi connectivity index (χ2n) is 4.15. The maximum atomic E-state index is 11.1. The van der Waals surface area contributed by atoms with Crippen molar-refractivity contribution in [2.24, 2.45) is 7.05 Å². The van der Waals surface area contributed by atoms with Gasteiger partial charge >= 0.3 is 5.97 Å². The zero-order chi connectivity index (χ0) is 12.3. The molecule has 0 aliphatic carbocycles. The van der Waals surface area contributed by atoms with Crippen molar-refractivity contribution in [3.05, 3.63) is 12.1 Å². The first-order valence-corrected chi connectivity index (χ1v) is 6.81. The van der Waals surface area contributed by atoms with Gasteiger partial charge in [-0.25, -0.2) is 0 Å². The van der Waals surface area contributed by atoms with Gasteiger partial charge in [0.2, 0.25) is 0 Å². The molecule has 0 unspecified atom stereocenters. The van der Waals surface area contributed by atoms with Crippen molar-refractivity contribution in [1.82, 2.24) is 4.57 Å². The molecule has 0 amide bonds. The Morgan fingerprint density at radius 1 is 1.41 bits per heavy atom. The lowest BCUT2D eigenvalue weighted by Gasteiger charge is -2.18. The van der Waals surface area contributed by atoms with Crippen molar-refractivity contribution in [2.75, 3.05) is 30.9 Å². The molecule has 1 aliphatic heterocycles. The molecule has 0 aromatic carbocycles. The third-order valence-corrected chi connectivity index (χ3v) is 4.13. The number of ether oxygens (including phenoxy) is 1. The van der Waals surface area contributed by atoms with E-state index in [1.165, 1.54) is 37.5 Å². The number of anilines is 1. The molecule has 0 atom stereocenters. The van der Waals surface area contributed by atoms with Gasteiger partial charge in [-0.1, -0.05) is 11.8 Å². The van der Waals surface area contributed by atoms with E-state index < -0.39 is 0 Å². The maximum absolute atomic E-state index is 11.1. The minimum absolute atomic E-state index is 0.182. The number of hydrogen-bond donors (Lipinski definition) is 0. The number of hydrogen-bond acceptors (Lipinski definition) is 4. The average molecular weight is 254 g/mol. The molecule has 1 aliphatic rings. The van der Waals surface area contributed by atoms with Crippen LogP contribution in [0, 0.1) is 0 Å². The van der Waals surface area contributed by atoms with Crippen molar-refractivity contribution in [3.8, 4) is 0 Å². The van der Waals surface area contributed by atoms with Gasteiger partial charge in [0.05, 0.1) is 17.9 Å². The van der Waals surface area contributed by atoms with Crippen LogP contribution in [0.15, 0.2) is 17.2 Å². The van der Waals surface area contributed by atoms with E-state index in [9.17, 15) is 4.79 Å². The summed E-state index contributed by atoms with van der Waals surface area (Å²) in [6.45, 7) is 2.28. The van der Waals surface area contributed by atoms with E-state index in [0.717, 1.165) is 18.1 Å². The maximum Gasteiger partial charge on any atom is 0.316 e. The molecule has 1 saturated heterocycles. The highest BCUT2D eigenvalue weighted by molar-refractivity contribution is 7.99. The first kappa shape index (κ1) is 12.4. The predicted molar refractivity (Wildman–Crippen MR) is 69.6 cm³/mol. The van der Waals surface area contributed by atoms with Crippen LogP contribution in [0.4, 0.5) is 5.82 Å². The summed E-state index contributed by atoms with van der Waals surface area (Å²) < 4.78 is 6.79. The van der Waals surface area contributed by atoms with E-state index >= 15 is 0 Å². The van der Waals surface area contributed by atoms with Crippen LogP contribution in [0.2, 0.25) is 0 Å². The summed E-state index contributed by atoms with van der Waals surface area (Å²) in [7, 11) is 3.47. The minimum Gasteiger partial charge on any atom is -0.468 e. The molecule has 5 heteroatoms. The van der Waals surface area contributed by atoms with Crippen molar-refractivity contribution >= 4 is 23.5 Å². The molecular weight excluding hydrogens is 236 g/mol. The highest BCUT2D eigenvalue weighted by Gasteiger charge is 2.16. The van der Waals surface area contributed by atoms with E-state index in [4.69, 9.17) is 0 Å². The van der Waals surface area contributed by atoms with E-state index in [2.05, 4.69) is 26.3 Å². The third kappa shape index (κ3) is 2.77. The fraction of sp³-hybridized carbons (Fsp3) is 0.583.